The lowest BCUT2D eigenvalue weighted by Gasteiger charge is -2.08. The second kappa shape index (κ2) is 8.44. The standard InChI is InChI=1S/C18H20ClNO2/c1-14-5-2-3-6-15(14)13-20-18(21)7-4-12-22-17-10-8-16(19)9-11-17/h2-3,5-6,8-11H,4,7,12-13H2,1H3,(H,20,21). The highest BCUT2D eigenvalue weighted by molar-refractivity contribution is 6.30. The van der Waals surface area contributed by atoms with Gasteiger partial charge in [-0.1, -0.05) is 35.9 Å². The Labute approximate surface area is 136 Å². The molecular weight excluding hydrogens is 298 g/mol. The predicted molar refractivity (Wildman–Crippen MR) is 89.2 cm³/mol. The fourth-order valence-electron chi connectivity index (χ4n) is 2.04. The number of amides is 1. The maximum atomic E-state index is 11.8. The molecule has 2 aromatic carbocycles. The first-order valence-electron chi connectivity index (χ1n) is 7.35. The Bertz CT molecular complexity index is 611. The first-order valence-corrected chi connectivity index (χ1v) is 7.72. The minimum Gasteiger partial charge on any atom is -0.494 e. The molecule has 0 radical (unpaired) electrons. The van der Waals surface area contributed by atoms with Crippen LogP contribution in [0.15, 0.2) is 48.5 Å². The van der Waals surface area contributed by atoms with Crippen molar-refractivity contribution in [2.24, 2.45) is 0 Å². The molecule has 4 heteroatoms. The molecule has 22 heavy (non-hydrogen) atoms. The molecular formula is C18H20ClNO2. The fourth-order valence-corrected chi connectivity index (χ4v) is 2.17. The molecule has 3 nitrogen and oxygen atoms in total. The van der Waals surface area contributed by atoms with Crippen LogP contribution in [0.2, 0.25) is 5.02 Å². The minimum absolute atomic E-state index is 0.0444. The van der Waals surface area contributed by atoms with Crippen LogP contribution in [0, 0.1) is 6.92 Å². The second-order valence-corrected chi connectivity index (χ2v) is 5.55. The topological polar surface area (TPSA) is 38.3 Å². The minimum atomic E-state index is 0.0444. The zero-order chi connectivity index (χ0) is 15.8. The summed E-state index contributed by atoms with van der Waals surface area (Å²) in [4.78, 5) is 11.8. The zero-order valence-corrected chi connectivity index (χ0v) is 13.4. The Morgan fingerprint density at radius 1 is 1.14 bits per heavy atom. The zero-order valence-electron chi connectivity index (χ0n) is 12.6. The van der Waals surface area contributed by atoms with Crippen LogP contribution < -0.4 is 10.1 Å². The number of hydrogen-bond acceptors (Lipinski definition) is 2. The maximum absolute atomic E-state index is 11.8. The van der Waals surface area contributed by atoms with Gasteiger partial charge in [-0.05, 0) is 48.7 Å². The second-order valence-electron chi connectivity index (χ2n) is 5.11. The van der Waals surface area contributed by atoms with Crippen molar-refractivity contribution in [3.63, 3.8) is 0 Å². The molecule has 0 spiro atoms. The molecule has 0 atom stereocenters. The van der Waals surface area contributed by atoms with Gasteiger partial charge in [0.1, 0.15) is 5.75 Å². The SMILES string of the molecule is Cc1ccccc1CNC(=O)CCCOc1ccc(Cl)cc1. The lowest BCUT2D eigenvalue weighted by Crippen LogP contribution is -2.23. The van der Waals surface area contributed by atoms with Crippen LogP contribution in [0.1, 0.15) is 24.0 Å². The number of rotatable bonds is 7. The molecule has 0 unspecified atom stereocenters. The first-order chi connectivity index (χ1) is 10.6. The molecule has 0 aliphatic carbocycles. The van der Waals surface area contributed by atoms with Gasteiger partial charge in [-0.15, -0.1) is 0 Å². The molecule has 0 saturated carbocycles. The molecule has 0 saturated heterocycles. The Kier molecular flexibility index (Phi) is 6.28. The van der Waals surface area contributed by atoms with E-state index < -0.39 is 0 Å². The third kappa shape index (κ3) is 5.41. The number of carbonyl (C=O) groups excluding carboxylic acids is 1. The number of benzene rings is 2. The summed E-state index contributed by atoms with van der Waals surface area (Å²) in [5, 5.41) is 3.62. The number of halogens is 1. The van der Waals surface area contributed by atoms with E-state index in [-0.39, 0.29) is 5.91 Å². The lowest BCUT2D eigenvalue weighted by atomic mass is 10.1. The number of hydrogen-bond donors (Lipinski definition) is 1. The van der Waals surface area contributed by atoms with Gasteiger partial charge in [-0.2, -0.15) is 0 Å². The average Bonchev–Trinajstić information content (AvgIpc) is 2.52. The van der Waals surface area contributed by atoms with E-state index in [0.29, 0.717) is 31.0 Å². The van der Waals surface area contributed by atoms with Gasteiger partial charge in [-0.3, -0.25) is 4.79 Å². The third-order valence-corrected chi connectivity index (χ3v) is 3.62. The average molecular weight is 318 g/mol. The van der Waals surface area contributed by atoms with E-state index >= 15 is 0 Å². The molecule has 0 aliphatic rings. The van der Waals surface area contributed by atoms with Crippen molar-refractivity contribution in [1.29, 1.82) is 0 Å². The normalized spacial score (nSPS) is 10.3. The first kappa shape index (κ1) is 16.4. The van der Waals surface area contributed by atoms with Crippen LogP contribution in [0.4, 0.5) is 0 Å². The van der Waals surface area contributed by atoms with Crippen molar-refractivity contribution in [2.75, 3.05) is 6.61 Å². The molecule has 2 rings (SSSR count). The summed E-state index contributed by atoms with van der Waals surface area (Å²) in [7, 11) is 0. The largest absolute Gasteiger partial charge is 0.494 e. The van der Waals surface area contributed by atoms with Gasteiger partial charge in [0.15, 0.2) is 0 Å². The predicted octanol–water partition coefficient (Wildman–Crippen LogP) is 4.12. The van der Waals surface area contributed by atoms with Crippen molar-refractivity contribution in [1.82, 2.24) is 5.32 Å². The van der Waals surface area contributed by atoms with Gasteiger partial charge >= 0.3 is 0 Å². The molecule has 0 aliphatic heterocycles. The Balaban J connectivity index is 1.64. The molecule has 116 valence electrons. The van der Waals surface area contributed by atoms with Crippen molar-refractivity contribution >= 4 is 17.5 Å². The highest BCUT2D eigenvalue weighted by Gasteiger charge is 2.03. The molecule has 1 N–H and O–H groups in total. The van der Waals surface area contributed by atoms with E-state index in [9.17, 15) is 4.79 Å². The number of nitrogens with one attached hydrogen (secondary N) is 1. The van der Waals surface area contributed by atoms with Crippen molar-refractivity contribution < 1.29 is 9.53 Å². The lowest BCUT2D eigenvalue weighted by molar-refractivity contribution is -0.121. The maximum Gasteiger partial charge on any atom is 0.220 e. The molecule has 0 fully saturated rings. The monoisotopic (exact) mass is 317 g/mol. The van der Waals surface area contributed by atoms with Crippen molar-refractivity contribution in [2.45, 2.75) is 26.3 Å². The van der Waals surface area contributed by atoms with Gasteiger partial charge in [0.05, 0.1) is 6.61 Å². The molecule has 2 aromatic rings. The summed E-state index contributed by atoms with van der Waals surface area (Å²) in [6, 6.07) is 15.3. The number of ether oxygens (including phenoxy) is 1. The number of carbonyl (C=O) groups is 1. The van der Waals surface area contributed by atoms with Crippen molar-refractivity contribution in [3.05, 3.63) is 64.7 Å². The Morgan fingerprint density at radius 2 is 1.86 bits per heavy atom. The molecule has 0 heterocycles. The van der Waals surface area contributed by atoms with Crippen LogP contribution in [0.3, 0.4) is 0 Å². The molecule has 1 amide bonds. The summed E-state index contributed by atoms with van der Waals surface area (Å²) >= 11 is 5.80. The smallest absolute Gasteiger partial charge is 0.220 e. The summed E-state index contributed by atoms with van der Waals surface area (Å²) in [6.45, 7) is 3.13. The van der Waals surface area contributed by atoms with Crippen molar-refractivity contribution in [3.8, 4) is 5.75 Å². The van der Waals surface area contributed by atoms with E-state index in [0.717, 1.165) is 11.3 Å². The fraction of sp³-hybridized carbons (Fsp3) is 0.278. The van der Waals surface area contributed by atoms with E-state index in [1.165, 1.54) is 5.56 Å². The highest BCUT2D eigenvalue weighted by atomic mass is 35.5. The van der Waals surface area contributed by atoms with Gasteiger partial charge in [0, 0.05) is 18.0 Å². The summed E-state index contributed by atoms with van der Waals surface area (Å²) in [5.74, 6) is 0.813. The van der Waals surface area contributed by atoms with Crippen LogP contribution in [0.25, 0.3) is 0 Å². The van der Waals surface area contributed by atoms with Gasteiger partial charge < -0.3 is 10.1 Å². The molecule has 0 bridgehead atoms. The van der Waals surface area contributed by atoms with E-state index in [1.807, 2.05) is 43.3 Å². The molecule has 0 aromatic heterocycles. The van der Waals surface area contributed by atoms with E-state index in [2.05, 4.69) is 5.32 Å². The van der Waals surface area contributed by atoms with E-state index in [4.69, 9.17) is 16.3 Å². The van der Waals surface area contributed by atoms with Gasteiger partial charge in [-0.25, -0.2) is 0 Å². The Hall–Kier alpha value is -2.00. The third-order valence-electron chi connectivity index (χ3n) is 3.37. The summed E-state index contributed by atoms with van der Waals surface area (Å²) < 4.78 is 5.55. The van der Waals surface area contributed by atoms with E-state index in [1.54, 1.807) is 12.1 Å². The number of aryl methyl sites for hydroxylation is 1. The quantitative estimate of drug-likeness (QED) is 0.780. The summed E-state index contributed by atoms with van der Waals surface area (Å²) in [5.41, 5.74) is 2.34. The van der Waals surface area contributed by atoms with Crippen LogP contribution in [-0.2, 0) is 11.3 Å². The van der Waals surface area contributed by atoms with Gasteiger partial charge in [0.25, 0.3) is 0 Å². The highest BCUT2D eigenvalue weighted by Crippen LogP contribution is 2.15. The Morgan fingerprint density at radius 3 is 2.59 bits per heavy atom. The van der Waals surface area contributed by atoms with Crippen LogP contribution in [-0.4, -0.2) is 12.5 Å². The van der Waals surface area contributed by atoms with Gasteiger partial charge in [0.2, 0.25) is 5.91 Å². The summed E-state index contributed by atoms with van der Waals surface area (Å²) in [6.07, 6.45) is 1.14. The van der Waals surface area contributed by atoms with Crippen LogP contribution >= 0.6 is 11.6 Å². The van der Waals surface area contributed by atoms with Crippen LogP contribution in [0.5, 0.6) is 5.75 Å².